The third kappa shape index (κ3) is 3.52. The number of methoxy groups -OCH3 is 1. The van der Waals surface area contributed by atoms with Gasteiger partial charge in [-0.1, -0.05) is 6.07 Å². The molecule has 1 fully saturated rings. The number of hydrogen-bond acceptors (Lipinski definition) is 5. The maximum absolute atomic E-state index is 11.9. The highest BCUT2D eigenvalue weighted by molar-refractivity contribution is 6.06. The molecule has 1 aromatic rings. The Morgan fingerprint density at radius 1 is 1.33 bits per heavy atom. The van der Waals surface area contributed by atoms with E-state index >= 15 is 0 Å². The fraction of sp³-hybridized carbons (Fsp3) is 0.467. The zero-order valence-corrected chi connectivity index (χ0v) is 12.5. The van der Waals surface area contributed by atoms with E-state index in [4.69, 9.17) is 9.47 Å². The summed E-state index contributed by atoms with van der Waals surface area (Å²) in [5.41, 5.74) is 1.76. The third-order valence-electron chi connectivity index (χ3n) is 3.39. The van der Waals surface area contributed by atoms with Crippen molar-refractivity contribution in [1.82, 2.24) is 4.90 Å². The van der Waals surface area contributed by atoms with Gasteiger partial charge in [0.15, 0.2) is 0 Å². The van der Waals surface area contributed by atoms with Crippen LogP contribution in [0.25, 0.3) is 0 Å². The first-order chi connectivity index (χ1) is 10.0. The molecule has 6 heteroatoms. The van der Waals surface area contributed by atoms with Gasteiger partial charge in [-0.05, 0) is 24.6 Å². The lowest BCUT2D eigenvalue weighted by Crippen LogP contribution is -2.31. The molecule has 2 amide bonds. The minimum absolute atomic E-state index is 0.167. The van der Waals surface area contributed by atoms with Crippen LogP contribution in [0.4, 0.5) is 5.69 Å². The summed E-state index contributed by atoms with van der Waals surface area (Å²) in [6, 6.07) is 5.14. The Bertz CT molecular complexity index is 544. The van der Waals surface area contributed by atoms with Gasteiger partial charge in [0.1, 0.15) is 18.4 Å². The molecule has 1 aliphatic heterocycles. The highest BCUT2D eigenvalue weighted by Crippen LogP contribution is 2.28. The van der Waals surface area contributed by atoms with Gasteiger partial charge in [-0.3, -0.25) is 14.5 Å². The molecule has 0 spiro atoms. The van der Waals surface area contributed by atoms with Crippen LogP contribution in [0.15, 0.2) is 18.2 Å². The first kappa shape index (κ1) is 15.3. The van der Waals surface area contributed by atoms with Gasteiger partial charge in [0.25, 0.3) is 5.91 Å². The standard InChI is InChI=1S/C15H20N2O4/c1-10-4-5-11(13(8-10)21-7-6-20-3)16-12-9-14(18)17(2)15(12)19/h4-5,8,12,16H,6-7,9H2,1-3H3. The van der Waals surface area contributed by atoms with Crippen LogP contribution in [0.3, 0.4) is 0 Å². The molecule has 0 saturated carbocycles. The number of imide groups is 1. The van der Waals surface area contributed by atoms with Crippen molar-refractivity contribution in [3.63, 3.8) is 0 Å². The van der Waals surface area contributed by atoms with E-state index in [1.54, 1.807) is 7.11 Å². The summed E-state index contributed by atoms with van der Waals surface area (Å²) in [4.78, 5) is 24.6. The molecule has 21 heavy (non-hydrogen) atoms. The molecule has 1 N–H and O–H groups in total. The number of carbonyl (C=O) groups is 2. The van der Waals surface area contributed by atoms with Gasteiger partial charge in [0, 0.05) is 14.2 Å². The topological polar surface area (TPSA) is 67.9 Å². The Labute approximate surface area is 124 Å². The number of likely N-dealkylation sites (N-methyl/N-ethyl adjacent to an activating group) is 1. The number of nitrogens with zero attached hydrogens (tertiary/aromatic N) is 1. The molecule has 0 aliphatic carbocycles. The molecule has 1 aromatic carbocycles. The van der Waals surface area contributed by atoms with E-state index in [-0.39, 0.29) is 18.2 Å². The molecule has 0 radical (unpaired) electrons. The largest absolute Gasteiger partial charge is 0.489 e. The number of amides is 2. The van der Waals surface area contributed by atoms with E-state index in [0.717, 1.165) is 10.5 Å². The van der Waals surface area contributed by atoms with Gasteiger partial charge in [-0.25, -0.2) is 0 Å². The molecule has 1 heterocycles. The number of likely N-dealkylation sites (tertiary alicyclic amines) is 1. The average Bonchev–Trinajstić information content (AvgIpc) is 2.69. The van der Waals surface area contributed by atoms with Crippen LogP contribution in [0, 0.1) is 6.92 Å². The number of rotatable bonds is 6. The van der Waals surface area contributed by atoms with Gasteiger partial charge in [0.2, 0.25) is 5.91 Å². The number of nitrogens with one attached hydrogen (secondary N) is 1. The molecule has 1 saturated heterocycles. The van der Waals surface area contributed by atoms with Gasteiger partial charge in [0.05, 0.1) is 18.7 Å². The lowest BCUT2D eigenvalue weighted by Gasteiger charge is -2.17. The van der Waals surface area contributed by atoms with Crippen LogP contribution in [-0.4, -0.2) is 50.1 Å². The first-order valence-corrected chi connectivity index (χ1v) is 6.82. The van der Waals surface area contributed by atoms with Crippen molar-refractivity contribution < 1.29 is 19.1 Å². The summed E-state index contributed by atoms with van der Waals surface area (Å²) in [5, 5.41) is 3.10. The Hall–Kier alpha value is -2.08. The number of carbonyl (C=O) groups excluding carboxylic acids is 2. The maximum Gasteiger partial charge on any atom is 0.251 e. The summed E-state index contributed by atoms with van der Waals surface area (Å²) in [6.07, 6.45) is 0.167. The minimum atomic E-state index is -0.532. The average molecular weight is 292 g/mol. The zero-order chi connectivity index (χ0) is 15.4. The van der Waals surface area contributed by atoms with Crippen LogP contribution in [0.5, 0.6) is 5.75 Å². The summed E-state index contributed by atoms with van der Waals surface area (Å²) < 4.78 is 10.6. The molecule has 0 bridgehead atoms. The van der Waals surface area contributed by atoms with E-state index in [1.807, 2.05) is 25.1 Å². The first-order valence-electron chi connectivity index (χ1n) is 6.82. The Balaban J connectivity index is 2.12. The predicted molar refractivity (Wildman–Crippen MR) is 78.4 cm³/mol. The van der Waals surface area contributed by atoms with Gasteiger partial charge >= 0.3 is 0 Å². The summed E-state index contributed by atoms with van der Waals surface area (Å²) in [6.45, 7) is 2.87. The number of hydrogen-bond donors (Lipinski definition) is 1. The van der Waals surface area contributed by atoms with Crippen molar-refractivity contribution in [2.24, 2.45) is 0 Å². The van der Waals surface area contributed by atoms with E-state index in [0.29, 0.717) is 24.7 Å². The smallest absolute Gasteiger partial charge is 0.251 e. The second kappa shape index (κ2) is 6.58. The fourth-order valence-corrected chi connectivity index (χ4v) is 2.16. The second-order valence-corrected chi connectivity index (χ2v) is 5.03. The zero-order valence-electron chi connectivity index (χ0n) is 12.5. The van der Waals surface area contributed by atoms with Crippen LogP contribution in [0.1, 0.15) is 12.0 Å². The minimum Gasteiger partial charge on any atom is -0.489 e. The van der Waals surface area contributed by atoms with Crippen LogP contribution < -0.4 is 10.1 Å². The second-order valence-electron chi connectivity index (χ2n) is 5.03. The van der Waals surface area contributed by atoms with Gasteiger partial charge in [-0.15, -0.1) is 0 Å². The normalized spacial score (nSPS) is 18.2. The number of anilines is 1. The summed E-state index contributed by atoms with van der Waals surface area (Å²) in [7, 11) is 3.11. The van der Waals surface area contributed by atoms with Crippen molar-refractivity contribution in [3.8, 4) is 5.75 Å². The molecule has 114 valence electrons. The molecule has 1 unspecified atom stereocenters. The van der Waals surface area contributed by atoms with Crippen LogP contribution >= 0.6 is 0 Å². The number of ether oxygens (including phenoxy) is 2. The van der Waals surface area contributed by atoms with Gasteiger partial charge < -0.3 is 14.8 Å². The van der Waals surface area contributed by atoms with E-state index in [9.17, 15) is 9.59 Å². The molecule has 6 nitrogen and oxygen atoms in total. The van der Waals surface area contributed by atoms with Crippen molar-refractivity contribution >= 4 is 17.5 Å². The van der Waals surface area contributed by atoms with E-state index in [1.165, 1.54) is 7.05 Å². The lowest BCUT2D eigenvalue weighted by molar-refractivity contribution is -0.136. The number of benzene rings is 1. The van der Waals surface area contributed by atoms with Gasteiger partial charge in [-0.2, -0.15) is 0 Å². The predicted octanol–water partition coefficient (Wildman–Crippen LogP) is 1.19. The Morgan fingerprint density at radius 2 is 2.10 bits per heavy atom. The fourth-order valence-electron chi connectivity index (χ4n) is 2.16. The molecule has 2 rings (SSSR count). The maximum atomic E-state index is 11.9. The van der Waals surface area contributed by atoms with Crippen LogP contribution in [0.2, 0.25) is 0 Å². The molecular weight excluding hydrogens is 272 g/mol. The van der Waals surface area contributed by atoms with E-state index in [2.05, 4.69) is 5.32 Å². The van der Waals surface area contributed by atoms with Crippen molar-refractivity contribution in [2.45, 2.75) is 19.4 Å². The SMILES string of the molecule is COCCOc1cc(C)ccc1NC1CC(=O)N(C)C1=O. The lowest BCUT2D eigenvalue weighted by atomic mass is 10.1. The molecule has 1 aliphatic rings. The molecule has 1 atom stereocenters. The van der Waals surface area contributed by atoms with Crippen LogP contribution in [-0.2, 0) is 14.3 Å². The summed E-state index contributed by atoms with van der Waals surface area (Å²) in [5.74, 6) is 0.261. The Morgan fingerprint density at radius 3 is 2.71 bits per heavy atom. The highest BCUT2D eigenvalue weighted by Gasteiger charge is 2.36. The monoisotopic (exact) mass is 292 g/mol. The van der Waals surface area contributed by atoms with E-state index < -0.39 is 6.04 Å². The van der Waals surface area contributed by atoms with Crippen molar-refractivity contribution in [3.05, 3.63) is 23.8 Å². The Kier molecular flexibility index (Phi) is 4.80. The third-order valence-corrected chi connectivity index (χ3v) is 3.39. The summed E-state index contributed by atoms with van der Waals surface area (Å²) >= 11 is 0. The molecular formula is C15H20N2O4. The quantitative estimate of drug-likeness (QED) is 0.630. The van der Waals surface area contributed by atoms with Crippen molar-refractivity contribution in [1.29, 1.82) is 0 Å². The highest BCUT2D eigenvalue weighted by atomic mass is 16.5. The number of aryl methyl sites for hydroxylation is 1. The van der Waals surface area contributed by atoms with Crippen molar-refractivity contribution in [2.75, 3.05) is 32.7 Å². The molecule has 0 aromatic heterocycles.